The van der Waals surface area contributed by atoms with Crippen molar-refractivity contribution >= 4 is 43.2 Å². The average molecular weight is 362 g/mol. The van der Waals surface area contributed by atoms with Crippen molar-refractivity contribution in [2.45, 2.75) is 11.8 Å². The van der Waals surface area contributed by atoms with Crippen LogP contribution in [0.2, 0.25) is 0 Å². The molecule has 0 bridgehead atoms. The number of thiazole rings is 1. The number of carbonyl (C=O) groups is 1. The summed E-state index contributed by atoms with van der Waals surface area (Å²) in [5, 5.41) is 0.913. The first-order valence-electron chi connectivity index (χ1n) is 6.97. The Morgan fingerprint density at radius 3 is 2.75 bits per heavy atom. The zero-order chi connectivity index (χ0) is 17.3. The fraction of sp³-hybridized carbons (Fsp3) is 0.125. The van der Waals surface area contributed by atoms with E-state index in [1.807, 2.05) is 6.92 Å². The van der Waals surface area contributed by atoms with Crippen LogP contribution in [0.15, 0.2) is 47.4 Å². The summed E-state index contributed by atoms with van der Waals surface area (Å²) in [6, 6.07) is 10.9. The number of nitrogens with one attached hydrogen (secondary N) is 1. The Morgan fingerprint density at radius 1 is 1.21 bits per heavy atom. The van der Waals surface area contributed by atoms with Crippen molar-refractivity contribution in [3.63, 3.8) is 0 Å². The first-order chi connectivity index (χ1) is 11.4. The number of aryl methyl sites for hydroxylation is 1. The van der Waals surface area contributed by atoms with E-state index in [4.69, 9.17) is 0 Å². The van der Waals surface area contributed by atoms with E-state index in [9.17, 15) is 13.2 Å². The second-order valence-electron chi connectivity index (χ2n) is 5.04. The number of benzene rings is 2. The second kappa shape index (κ2) is 6.21. The maximum absolute atomic E-state index is 12.5. The van der Waals surface area contributed by atoms with Gasteiger partial charge in [-0.25, -0.2) is 18.2 Å². The topological polar surface area (TPSA) is 85.4 Å². The van der Waals surface area contributed by atoms with E-state index in [1.165, 1.54) is 42.7 Å². The van der Waals surface area contributed by atoms with Gasteiger partial charge in [0.2, 0.25) is 0 Å². The number of hydrogen-bond acceptors (Lipinski definition) is 6. The molecule has 1 aromatic heterocycles. The van der Waals surface area contributed by atoms with Gasteiger partial charge in [-0.3, -0.25) is 4.72 Å². The van der Waals surface area contributed by atoms with Crippen LogP contribution in [0.25, 0.3) is 10.2 Å². The lowest BCUT2D eigenvalue weighted by molar-refractivity contribution is 0.0600. The molecule has 2 aromatic carbocycles. The summed E-state index contributed by atoms with van der Waals surface area (Å²) < 4.78 is 33.1. The average Bonchev–Trinajstić information content (AvgIpc) is 2.93. The molecule has 0 fully saturated rings. The third-order valence-corrected chi connectivity index (χ3v) is 5.63. The molecular formula is C16H14N2O4S2. The number of carbonyl (C=O) groups excluding carboxylic acids is 1. The third kappa shape index (κ3) is 3.24. The van der Waals surface area contributed by atoms with Gasteiger partial charge in [0.1, 0.15) is 0 Å². The molecule has 0 atom stereocenters. The summed E-state index contributed by atoms with van der Waals surface area (Å²) in [7, 11) is -2.57. The summed E-state index contributed by atoms with van der Waals surface area (Å²) in [5.74, 6) is -0.589. The molecule has 0 aliphatic carbocycles. The van der Waals surface area contributed by atoms with Crippen LogP contribution in [-0.4, -0.2) is 26.5 Å². The number of sulfonamides is 1. The number of nitrogens with zero attached hydrogens (tertiary/aromatic N) is 1. The van der Waals surface area contributed by atoms with Gasteiger partial charge in [-0.2, -0.15) is 0 Å². The fourth-order valence-electron chi connectivity index (χ4n) is 2.23. The van der Waals surface area contributed by atoms with Crippen molar-refractivity contribution in [2.24, 2.45) is 0 Å². The molecule has 0 spiro atoms. The minimum atomic E-state index is -3.81. The Labute approximate surface area is 143 Å². The van der Waals surface area contributed by atoms with Crippen LogP contribution >= 0.6 is 11.3 Å². The van der Waals surface area contributed by atoms with Gasteiger partial charge in [-0.15, -0.1) is 11.3 Å². The van der Waals surface area contributed by atoms with Crippen LogP contribution in [0.5, 0.6) is 0 Å². The number of ether oxygens (including phenoxy) is 1. The molecule has 3 rings (SSSR count). The molecule has 0 aliphatic rings. The van der Waals surface area contributed by atoms with Gasteiger partial charge in [0, 0.05) is 0 Å². The number of methoxy groups -OCH3 is 1. The predicted octanol–water partition coefficient (Wildman–Crippen LogP) is 3.19. The highest BCUT2D eigenvalue weighted by Crippen LogP contribution is 2.26. The zero-order valence-electron chi connectivity index (χ0n) is 12.9. The van der Waals surface area contributed by atoms with Crippen LogP contribution in [0, 0.1) is 6.92 Å². The Morgan fingerprint density at radius 2 is 2.00 bits per heavy atom. The minimum absolute atomic E-state index is 0.00835. The van der Waals surface area contributed by atoms with Crippen LogP contribution in [0.1, 0.15) is 15.4 Å². The largest absolute Gasteiger partial charge is 0.465 e. The van der Waals surface area contributed by atoms with E-state index in [2.05, 4.69) is 14.4 Å². The molecule has 0 saturated carbocycles. The number of fused-ring (bicyclic) bond motifs is 1. The maximum Gasteiger partial charge on any atom is 0.337 e. The van der Waals surface area contributed by atoms with Crippen molar-refractivity contribution in [2.75, 3.05) is 11.8 Å². The van der Waals surface area contributed by atoms with Crippen molar-refractivity contribution in [3.8, 4) is 0 Å². The lowest BCUT2D eigenvalue weighted by atomic mass is 10.2. The highest BCUT2D eigenvalue weighted by molar-refractivity contribution is 7.92. The van der Waals surface area contributed by atoms with Crippen LogP contribution in [0.3, 0.4) is 0 Å². The van der Waals surface area contributed by atoms with Gasteiger partial charge in [-0.1, -0.05) is 6.07 Å². The van der Waals surface area contributed by atoms with Gasteiger partial charge in [0.05, 0.1) is 38.5 Å². The Hall–Kier alpha value is -2.45. The van der Waals surface area contributed by atoms with E-state index >= 15 is 0 Å². The Balaban J connectivity index is 1.93. The van der Waals surface area contributed by atoms with Crippen LogP contribution in [0.4, 0.5) is 5.69 Å². The van der Waals surface area contributed by atoms with Crippen molar-refractivity contribution in [3.05, 3.63) is 53.0 Å². The number of anilines is 1. The molecule has 8 heteroatoms. The molecule has 0 unspecified atom stereocenters. The van der Waals surface area contributed by atoms with Crippen molar-refractivity contribution in [1.82, 2.24) is 4.98 Å². The monoisotopic (exact) mass is 362 g/mol. The predicted molar refractivity (Wildman–Crippen MR) is 92.9 cm³/mol. The SMILES string of the molecule is COC(=O)c1cccc(S(=O)(=O)Nc2ccc3nc(C)sc3c2)c1. The first-order valence-corrected chi connectivity index (χ1v) is 9.27. The Kier molecular flexibility index (Phi) is 4.25. The standard InChI is InChI=1S/C16H14N2O4S2/c1-10-17-14-7-6-12(9-15(14)23-10)18-24(20,21)13-5-3-4-11(8-13)16(19)22-2/h3-9,18H,1-2H3. The molecule has 0 amide bonds. The smallest absolute Gasteiger partial charge is 0.337 e. The first kappa shape index (κ1) is 16.4. The number of hydrogen-bond donors (Lipinski definition) is 1. The van der Waals surface area contributed by atoms with Gasteiger partial charge < -0.3 is 4.74 Å². The summed E-state index contributed by atoms with van der Waals surface area (Å²) >= 11 is 1.49. The zero-order valence-corrected chi connectivity index (χ0v) is 14.6. The highest BCUT2D eigenvalue weighted by Gasteiger charge is 2.17. The molecule has 0 radical (unpaired) electrons. The van der Waals surface area contributed by atoms with Gasteiger partial charge >= 0.3 is 5.97 Å². The third-order valence-electron chi connectivity index (χ3n) is 3.31. The molecule has 6 nitrogen and oxygen atoms in total. The number of aromatic nitrogens is 1. The number of esters is 1. The molecule has 0 saturated heterocycles. The lowest BCUT2D eigenvalue weighted by Gasteiger charge is -2.09. The van der Waals surface area contributed by atoms with E-state index in [0.717, 1.165) is 15.2 Å². The van der Waals surface area contributed by atoms with E-state index < -0.39 is 16.0 Å². The van der Waals surface area contributed by atoms with Gasteiger partial charge in [0.25, 0.3) is 10.0 Å². The molecule has 124 valence electrons. The molecule has 3 aromatic rings. The minimum Gasteiger partial charge on any atom is -0.465 e. The van der Waals surface area contributed by atoms with Crippen LogP contribution in [-0.2, 0) is 14.8 Å². The van der Waals surface area contributed by atoms with Gasteiger partial charge in [-0.05, 0) is 43.3 Å². The lowest BCUT2D eigenvalue weighted by Crippen LogP contribution is -2.14. The molecule has 24 heavy (non-hydrogen) atoms. The van der Waals surface area contributed by atoms with Crippen molar-refractivity contribution in [1.29, 1.82) is 0 Å². The molecule has 1 N–H and O–H groups in total. The summed E-state index contributed by atoms with van der Waals surface area (Å²) in [6.45, 7) is 1.90. The highest BCUT2D eigenvalue weighted by atomic mass is 32.2. The summed E-state index contributed by atoms with van der Waals surface area (Å²) in [6.07, 6.45) is 0. The quantitative estimate of drug-likeness (QED) is 0.721. The summed E-state index contributed by atoms with van der Waals surface area (Å²) in [4.78, 5) is 15.9. The molecule has 0 aliphatic heterocycles. The second-order valence-corrected chi connectivity index (χ2v) is 7.96. The van der Waals surface area contributed by atoms with Gasteiger partial charge in [0.15, 0.2) is 0 Å². The normalized spacial score (nSPS) is 11.4. The maximum atomic E-state index is 12.5. The van der Waals surface area contributed by atoms with E-state index in [-0.39, 0.29) is 10.5 Å². The van der Waals surface area contributed by atoms with Crippen molar-refractivity contribution < 1.29 is 17.9 Å². The molecule has 1 heterocycles. The van der Waals surface area contributed by atoms with E-state index in [0.29, 0.717) is 5.69 Å². The number of rotatable bonds is 4. The summed E-state index contributed by atoms with van der Waals surface area (Å²) in [5.41, 5.74) is 1.44. The van der Waals surface area contributed by atoms with Crippen LogP contribution < -0.4 is 4.72 Å². The van der Waals surface area contributed by atoms with E-state index in [1.54, 1.807) is 18.2 Å². The Bertz CT molecular complexity index is 1030. The fourth-order valence-corrected chi connectivity index (χ4v) is 4.19. The molecular weight excluding hydrogens is 348 g/mol.